The Kier molecular flexibility index (Phi) is 4.45. The number of thiazole rings is 1. The molecular formula is C14H22N2O2S. The van der Waals surface area contributed by atoms with Crippen LogP contribution in [0, 0.1) is 12.8 Å². The maximum atomic E-state index is 11.8. The molecule has 0 aliphatic heterocycles. The number of hydrogen-bond donors (Lipinski definition) is 0. The van der Waals surface area contributed by atoms with Crippen molar-refractivity contribution in [3.05, 3.63) is 10.6 Å². The lowest BCUT2D eigenvalue weighted by molar-refractivity contribution is 0.0519. The Hall–Kier alpha value is -1.10. The van der Waals surface area contributed by atoms with Gasteiger partial charge in [-0.25, -0.2) is 9.78 Å². The van der Waals surface area contributed by atoms with E-state index in [1.165, 1.54) is 12.8 Å². The number of anilines is 1. The van der Waals surface area contributed by atoms with Crippen molar-refractivity contribution in [3.8, 4) is 0 Å². The van der Waals surface area contributed by atoms with E-state index in [2.05, 4.69) is 23.7 Å². The highest BCUT2D eigenvalue weighted by molar-refractivity contribution is 7.15. The molecule has 0 spiro atoms. The highest BCUT2D eigenvalue weighted by atomic mass is 32.1. The van der Waals surface area contributed by atoms with Crippen LogP contribution >= 0.6 is 11.3 Å². The molecule has 0 atom stereocenters. The summed E-state index contributed by atoms with van der Waals surface area (Å²) in [6, 6.07) is 0.404. The lowest BCUT2D eigenvalue weighted by atomic mass is 10.3. The molecule has 1 aromatic heterocycles. The monoisotopic (exact) mass is 282 g/mol. The van der Waals surface area contributed by atoms with Crippen molar-refractivity contribution >= 4 is 22.4 Å². The van der Waals surface area contributed by atoms with Crippen LogP contribution in [-0.2, 0) is 4.74 Å². The summed E-state index contributed by atoms with van der Waals surface area (Å²) < 4.78 is 5.04. The number of nitrogens with zero attached hydrogens (tertiary/aromatic N) is 2. The Labute approximate surface area is 118 Å². The van der Waals surface area contributed by atoms with Gasteiger partial charge in [-0.3, -0.25) is 0 Å². The van der Waals surface area contributed by atoms with Gasteiger partial charge in [0.15, 0.2) is 10.8 Å². The van der Waals surface area contributed by atoms with Crippen LogP contribution in [0.1, 0.15) is 49.0 Å². The molecule has 1 aromatic rings. The summed E-state index contributed by atoms with van der Waals surface area (Å²) in [4.78, 5) is 19.6. The van der Waals surface area contributed by atoms with Gasteiger partial charge in [0.25, 0.3) is 0 Å². The van der Waals surface area contributed by atoms with Gasteiger partial charge in [-0.2, -0.15) is 0 Å². The first-order chi connectivity index (χ1) is 9.02. The molecule has 1 fully saturated rings. The van der Waals surface area contributed by atoms with Crippen LogP contribution in [0.15, 0.2) is 0 Å². The molecule has 0 aromatic carbocycles. The molecular weight excluding hydrogens is 260 g/mol. The molecule has 1 saturated carbocycles. The second-order valence-electron chi connectivity index (χ2n) is 5.31. The molecule has 19 heavy (non-hydrogen) atoms. The zero-order chi connectivity index (χ0) is 14.0. The van der Waals surface area contributed by atoms with Gasteiger partial charge in [-0.1, -0.05) is 0 Å². The molecule has 4 nitrogen and oxygen atoms in total. The van der Waals surface area contributed by atoms with Crippen LogP contribution < -0.4 is 4.90 Å². The quantitative estimate of drug-likeness (QED) is 0.751. The molecule has 1 heterocycles. The maximum absolute atomic E-state index is 11.8. The Morgan fingerprint density at radius 2 is 2.21 bits per heavy atom. The normalized spacial score (nSPS) is 14.8. The van der Waals surface area contributed by atoms with E-state index in [0.29, 0.717) is 18.3 Å². The second-order valence-corrected chi connectivity index (χ2v) is 6.49. The predicted octanol–water partition coefficient (Wildman–Crippen LogP) is 3.25. The summed E-state index contributed by atoms with van der Waals surface area (Å²) >= 11 is 1.59. The van der Waals surface area contributed by atoms with E-state index in [1.54, 1.807) is 11.3 Å². The molecule has 1 aliphatic rings. The smallest absolute Gasteiger partial charge is 0.358 e. The summed E-state index contributed by atoms with van der Waals surface area (Å²) in [6.07, 6.45) is 2.64. The minimum Gasteiger partial charge on any atom is -0.461 e. The van der Waals surface area contributed by atoms with Crippen molar-refractivity contribution in [1.29, 1.82) is 0 Å². The number of carbonyl (C=O) groups excluding carboxylic acids is 1. The summed E-state index contributed by atoms with van der Waals surface area (Å²) in [5.41, 5.74) is 0.475. The molecule has 0 amide bonds. The van der Waals surface area contributed by atoms with Crippen LogP contribution in [0.2, 0.25) is 0 Å². The fourth-order valence-electron chi connectivity index (χ4n) is 1.98. The van der Waals surface area contributed by atoms with Gasteiger partial charge in [-0.15, -0.1) is 11.3 Å². The predicted molar refractivity (Wildman–Crippen MR) is 78.0 cm³/mol. The van der Waals surface area contributed by atoms with E-state index >= 15 is 0 Å². The Balaban J connectivity index is 2.18. The van der Waals surface area contributed by atoms with Crippen LogP contribution in [-0.4, -0.2) is 30.1 Å². The maximum Gasteiger partial charge on any atom is 0.358 e. The van der Waals surface area contributed by atoms with Crippen molar-refractivity contribution < 1.29 is 9.53 Å². The first kappa shape index (κ1) is 14.3. The molecule has 0 radical (unpaired) electrons. The lowest BCUT2D eigenvalue weighted by Gasteiger charge is -2.26. The zero-order valence-corrected chi connectivity index (χ0v) is 12.9. The van der Waals surface area contributed by atoms with Crippen LogP contribution in [0.25, 0.3) is 0 Å². The standard InChI is InChI=1S/C14H22N2O2S/c1-5-18-13(17)12-10(4)19-14(15-12)16(9(2)3)8-11-6-7-11/h9,11H,5-8H2,1-4H3. The van der Waals surface area contributed by atoms with E-state index < -0.39 is 0 Å². The number of esters is 1. The minimum absolute atomic E-state index is 0.308. The molecule has 0 bridgehead atoms. The molecule has 5 heteroatoms. The second kappa shape index (κ2) is 5.90. The van der Waals surface area contributed by atoms with E-state index in [4.69, 9.17) is 4.74 Å². The number of aryl methyl sites for hydroxylation is 1. The number of carbonyl (C=O) groups is 1. The fourth-order valence-corrected chi connectivity index (χ4v) is 3.02. The van der Waals surface area contributed by atoms with Gasteiger partial charge in [-0.05, 0) is 46.5 Å². The first-order valence-electron chi connectivity index (χ1n) is 6.94. The van der Waals surface area contributed by atoms with Crippen molar-refractivity contribution in [3.63, 3.8) is 0 Å². The molecule has 106 valence electrons. The van der Waals surface area contributed by atoms with Crippen molar-refractivity contribution in [1.82, 2.24) is 4.98 Å². The third-order valence-corrected chi connectivity index (χ3v) is 4.28. The fraction of sp³-hybridized carbons (Fsp3) is 0.714. The summed E-state index contributed by atoms with van der Waals surface area (Å²) in [5.74, 6) is 0.496. The average Bonchev–Trinajstić information content (AvgIpc) is 3.08. The minimum atomic E-state index is -0.308. The highest BCUT2D eigenvalue weighted by Crippen LogP contribution is 2.34. The van der Waals surface area contributed by atoms with Crippen LogP contribution in [0.3, 0.4) is 0 Å². The average molecular weight is 282 g/mol. The third-order valence-electron chi connectivity index (χ3n) is 3.27. The van der Waals surface area contributed by atoms with Gasteiger partial charge in [0, 0.05) is 17.5 Å². The van der Waals surface area contributed by atoms with Gasteiger partial charge in [0.1, 0.15) is 0 Å². The highest BCUT2D eigenvalue weighted by Gasteiger charge is 2.28. The van der Waals surface area contributed by atoms with Gasteiger partial charge >= 0.3 is 5.97 Å². The third kappa shape index (κ3) is 3.47. The van der Waals surface area contributed by atoms with E-state index in [-0.39, 0.29) is 5.97 Å². The van der Waals surface area contributed by atoms with Gasteiger partial charge < -0.3 is 9.64 Å². The zero-order valence-electron chi connectivity index (χ0n) is 12.1. The number of hydrogen-bond acceptors (Lipinski definition) is 5. The summed E-state index contributed by atoms with van der Waals surface area (Å²) in [5, 5.41) is 0.947. The first-order valence-corrected chi connectivity index (χ1v) is 7.75. The van der Waals surface area contributed by atoms with Crippen molar-refractivity contribution in [2.45, 2.75) is 46.6 Å². The van der Waals surface area contributed by atoms with Gasteiger partial charge in [0.05, 0.1) is 6.61 Å². The molecule has 0 N–H and O–H groups in total. The van der Waals surface area contributed by atoms with Crippen molar-refractivity contribution in [2.75, 3.05) is 18.1 Å². The largest absolute Gasteiger partial charge is 0.461 e. The van der Waals surface area contributed by atoms with Gasteiger partial charge in [0.2, 0.25) is 0 Å². The molecule has 2 rings (SSSR count). The lowest BCUT2D eigenvalue weighted by Crippen LogP contribution is -2.32. The summed E-state index contributed by atoms with van der Waals surface area (Å²) in [7, 11) is 0. The van der Waals surface area contributed by atoms with E-state index in [1.807, 2.05) is 13.8 Å². The Morgan fingerprint density at radius 1 is 1.53 bits per heavy atom. The van der Waals surface area contributed by atoms with E-state index in [0.717, 1.165) is 22.5 Å². The van der Waals surface area contributed by atoms with E-state index in [9.17, 15) is 4.79 Å². The number of aromatic nitrogens is 1. The Bertz CT molecular complexity index is 452. The molecule has 1 aliphatic carbocycles. The van der Waals surface area contributed by atoms with Crippen LogP contribution in [0.5, 0.6) is 0 Å². The molecule has 0 saturated heterocycles. The summed E-state index contributed by atoms with van der Waals surface area (Å²) in [6.45, 7) is 9.53. The number of ether oxygens (including phenoxy) is 1. The Morgan fingerprint density at radius 3 is 2.74 bits per heavy atom. The van der Waals surface area contributed by atoms with Crippen LogP contribution in [0.4, 0.5) is 5.13 Å². The number of rotatable bonds is 6. The molecule has 0 unspecified atom stereocenters. The SMILES string of the molecule is CCOC(=O)c1nc(N(CC2CC2)C(C)C)sc1C. The van der Waals surface area contributed by atoms with Crippen molar-refractivity contribution in [2.24, 2.45) is 5.92 Å². The topological polar surface area (TPSA) is 42.4 Å².